The number of sulfone groups is 1. The second kappa shape index (κ2) is 4.78. The molecule has 1 N–H and O–H groups in total. The first kappa shape index (κ1) is 12.6. The molecule has 0 saturated carbocycles. The molecule has 0 amide bonds. The summed E-state index contributed by atoms with van der Waals surface area (Å²) in [5.41, 5.74) is 1.73. The molecule has 1 aromatic heterocycles. The lowest BCUT2D eigenvalue weighted by molar-refractivity contribution is 0.378. The van der Waals surface area contributed by atoms with Crippen LogP contribution in [0.4, 0.5) is 0 Å². The quantitative estimate of drug-likeness (QED) is 0.813. The molecule has 17 heavy (non-hydrogen) atoms. The predicted octanol–water partition coefficient (Wildman–Crippen LogP) is 0.117. The van der Waals surface area contributed by atoms with E-state index >= 15 is 0 Å². The van der Waals surface area contributed by atoms with Crippen LogP contribution in [-0.4, -0.2) is 37.0 Å². The molecule has 1 aromatic rings. The molecule has 0 aromatic carbocycles. The van der Waals surface area contributed by atoms with Crippen LogP contribution in [0.1, 0.15) is 18.3 Å². The summed E-state index contributed by atoms with van der Waals surface area (Å²) in [6, 6.07) is 1.89. The molecule has 6 heteroatoms. The maximum Gasteiger partial charge on any atom is 0.156 e. The van der Waals surface area contributed by atoms with Crippen LogP contribution < -0.4 is 5.32 Å². The highest BCUT2D eigenvalue weighted by Crippen LogP contribution is 2.13. The molecule has 2 heterocycles. The Morgan fingerprint density at radius 3 is 2.71 bits per heavy atom. The van der Waals surface area contributed by atoms with E-state index in [1.54, 1.807) is 11.7 Å². The number of rotatable bonds is 5. The predicted molar refractivity (Wildman–Crippen MR) is 66.4 cm³/mol. The molecule has 1 aliphatic heterocycles. The van der Waals surface area contributed by atoms with Crippen LogP contribution in [0.3, 0.4) is 0 Å². The Kier molecular flexibility index (Phi) is 3.53. The summed E-state index contributed by atoms with van der Waals surface area (Å²) >= 11 is 0. The number of hydrogen-bond donors (Lipinski definition) is 1. The van der Waals surface area contributed by atoms with Crippen LogP contribution in [0.15, 0.2) is 6.07 Å². The maximum absolute atomic E-state index is 12.0. The number of aryl methyl sites for hydroxylation is 2. The van der Waals surface area contributed by atoms with Gasteiger partial charge in [0.25, 0.3) is 0 Å². The van der Waals surface area contributed by atoms with Crippen molar-refractivity contribution in [2.75, 3.05) is 18.8 Å². The average molecular weight is 257 g/mol. The largest absolute Gasteiger partial charge is 0.316 e. The standard InChI is InChI=1S/C11H19N3O2S/c1-3-10-4-11(14(2)13-10)8-17(15,16)7-9-5-12-6-9/h4,9,12H,3,5-8H2,1-2H3. The molecule has 1 aliphatic rings. The van der Waals surface area contributed by atoms with Gasteiger partial charge in [0.05, 0.1) is 22.9 Å². The van der Waals surface area contributed by atoms with Gasteiger partial charge < -0.3 is 5.32 Å². The van der Waals surface area contributed by atoms with E-state index in [2.05, 4.69) is 10.4 Å². The van der Waals surface area contributed by atoms with Crippen LogP contribution in [-0.2, 0) is 29.1 Å². The molecule has 5 nitrogen and oxygen atoms in total. The highest BCUT2D eigenvalue weighted by molar-refractivity contribution is 7.90. The van der Waals surface area contributed by atoms with Crippen molar-refractivity contribution < 1.29 is 8.42 Å². The highest BCUT2D eigenvalue weighted by atomic mass is 32.2. The van der Waals surface area contributed by atoms with Crippen molar-refractivity contribution in [2.45, 2.75) is 19.1 Å². The monoisotopic (exact) mass is 257 g/mol. The maximum atomic E-state index is 12.0. The molecule has 1 saturated heterocycles. The summed E-state index contributed by atoms with van der Waals surface area (Å²) in [5, 5.41) is 7.36. The summed E-state index contributed by atoms with van der Waals surface area (Å²) in [4.78, 5) is 0. The van der Waals surface area contributed by atoms with Gasteiger partial charge in [-0.1, -0.05) is 6.92 Å². The fraction of sp³-hybridized carbons (Fsp3) is 0.727. The summed E-state index contributed by atoms with van der Waals surface area (Å²) in [6.45, 7) is 3.66. The normalized spacial score (nSPS) is 17.1. The Bertz CT molecular complexity index is 489. The number of nitrogens with one attached hydrogen (secondary N) is 1. The van der Waals surface area contributed by atoms with E-state index < -0.39 is 9.84 Å². The van der Waals surface area contributed by atoms with E-state index in [0.29, 0.717) is 5.92 Å². The van der Waals surface area contributed by atoms with E-state index in [0.717, 1.165) is 30.9 Å². The van der Waals surface area contributed by atoms with E-state index in [1.165, 1.54) is 0 Å². The molecule has 0 aliphatic carbocycles. The minimum Gasteiger partial charge on any atom is -0.316 e. The summed E-state index contributed by atoms with van der Waals surface area (Å²) in [5.74, 6) is 0.679. The van der Waals surface area contributed by atoms with Crippen molar-refractivity contribution in [1.82, 2.24) is 15.1 Å². The molecule has 0 unspecified atom stereocenters. The van der Waals surface area contributed by atoms with Crippen molar-refractivity contribution in [1.29, 1.82) is 0 Å². The van der Waals surface area contributed by atoms with Gasteiger partial charge in [-0.15, -0.1) is 0 Å². The van der Waals surface area contributed by atoms with E-state index in [9.17, 15) is 8.42 Å². The van der Waals surface area contributed by atoms with Gasteiger partial charge >= 0.3 is 0 Å². The third-order valence-electron chi connectivity index (χ3n) is 3.11. The molecule has 96 valence electrons. The Hall–Kier alpha value is -0.880. The molecular formula is C11H19N3O2S. The van der Waals surface area contributed by atoms with Crippen LogP contribution in [0.25, 0.3) is 0 Å². The third kappa shape index (κ3) is 3.07. The fourth-order valence-electron chi connectivity index (χ4n) is 1.99. The first-order valence-corrected chi connectivity index (χ1v) is 7.75. The number of hydrogen-bond acceptors (Lipinski definition) is 4. The Morgan fingerprint density at radius 2 is 2.24 bits per heavy atom. The molecule has 0 atom stereocenters. The van der Waals surface area contributed by atoms with Crippen LogP contribution in [0.5, 0.6) is 0 Å². The molecular weight excluding hydrogens is 238 g/mol. The average Bonchev–Trinajstić information content (AvgIpc) is 2.53. The molecule has 0 spiro atoms. The van der Waals surface area contributed by atoms with Gasteiger partial charge in [-0.3, -0.25) is 4.68 Å². The zero-order valence-corrected chi connectivity index (χ0v) is 11.1. The van der Waals surface area contributed by atoms with Gasteiger partial charge in [-0.05, 0) is 18.4 Å². The van der Waals surface area contributed by atoms with Crippen molar-refractivity contribution in [3.05, 3.63) is 17.5 Å². The van der Waals surface area contributed by atoms with Gasteiger partial charge in [-0.25, -0.2) is 8.42 Å². The minimum atomic E-state index is -3.01. The fourth-order valence-corrected chi connectivity index (χ4v) is 3.78. The van der Waals surface area contributed by atoms with Crippen molar-refractivity contribution >= 4 is 9.84 Å². The van der Waals surface area contributed by atoms with Gasteiger partial charge in [0.2, 0.25) is 0 Å². The molecule has 1 fully saturated rings. The van der Waals surface area contributed by atoms with Gasteiger partial charge in [-0.2, -0.15) is 5.10 Å². The first-order valence-electron chi connectivity index (χ1n) is 5.93. The molecule has 0 radical (unpaired) electrons. The van der Waals surface area contributed by atoms with E-state index in [-0.39, 0.29) is 11.5 Å². The lowest BCUT2D eigenvalue weighted by Gasteiger charge is -2.26. The summed E-state index contributed by atoms with van der Waals surface area (Å²) in [7, 11) is -1.21. The Morgan fingerprint density at radius 1 is 1.53 bits per heavy atom. The van der Waals surface area contributed by atoms with Crippen LogP contribution >= 0.6 is 0 Å². The third-order valence-corrected chi connectivity index (χ3v) is 4.83. The highest BCUT2D eigenvalue weighted by Gasteiger charge is 2.25. The topological polar surface area (TPSA) is 64.0 Å². The van der Waals surface area contributed by atoms with Gasteiger partial charge in [0, 0.05) is 20.1 Å². The van der Waals surface area contributed by atoms with Crippen LogP contribution in [0, 0.1) is 5.92 Å². The lowest BCUT2D eigenvalue weighted by atomic mass is 10.1. The minimum absolute atomic E-state index is 0.104. The lowest BCUT2D eigenvalue weighted by Crippen LogP contribution is -2.45. The molecule has 0 bridgehead atoms. The van der Waals surface area contributed by atoms with E-state index in [1.807, 2.05) is 13.0 Å². The zero-order valence-electron chi connectivity index (χ0n) is 10.3. The van der Waals surface area contributed by atoms with E-state index in [4.69, 9.17) is 0 Å². The molecule has 2 rings (SSSR count). The van der Waals surface area contributed by atoms with Crippen molar-refractivity contribution in [2.24, 2.45) is 13.0 Å². The van der Waals surface area contributed by atoms with Gasteiger partial charge in [0.15, 0.2) is 9.84 Å². The number of aromatic nitrogens is 2. The van der Waals surface area contributed by atoms with Crippen molar-refractivity contribution in [3.8, 4) is 0 Å². The first-order chi connectivity index (χ1) is 8.00. The Labute approximate surface area is 102 Å². The zero-order chi connectivity index (χ0) is 12.5. The SMILES string of the molecule is CCc1cc(CS(=O)(=O)CC2CNC2)n(C)n1. The summed E-state index contributed by atoms with van der Waals surface area (Å²) < 4.78 is 25.6. The van der Waals surface area contributed by atoms with Gasteiger partial charge in [0.1, 0.15) is 0 Å². The van der Waals surface area contributed by atoms with Crippen LogP contribution in [0.2, 0.25) is 0 Å². The van der Waals surface area contributed by atoms with Crippen molar-refractivity contribution in [3.63, 3.8) is 0 Å². The second-order valence-corrected chi connectivity index (χ2v) is 6.79. The second-order valence-electron chi connectivity index (χ2n) is 4.68. The summed E-state index contributed by atoms with van der Waals surface area (Å²) in [6.07, 6.45) is 0.834. The Balaban J connectivity index is 2.05. The smallest absolute Gasteiger partial charge is 0.156 e. The number of nitrogens with zero attached hydrogens (tertiary/aromatic N) is 2.